The average Bonchev–Trinajstić information content (AvgIpc) is 3.06. The van der Waals surface area contributed by atoms with Gasteiger partial charge in [0.2, 0.25) is 0 Å². The number of pyridine rings is 1. The van der Waals surface area contributed by atoms with Crippen molar-refractivity contribution in [2.75, 3.05) is 6.54 Å². The highest BCUT2D eigenvalue weighted by Gasteiger charge is 2.20. The van der Waals surface area contributed by atoms with Crippen LogP contribution in [0.25, 0.3) is 11.0 Å². The number of H-pyrrole nitrogens is 1. The van der Waals surface area contributed by atoms with Crippen LogP contribution in [0.15, 0.2) is 36.5 Å². The second-order valence-corrected chi connectivity index (χ2v) is 7.40. The number of nitrogens with one attached hydrogen (secondary N) is 2. The van der Waals surface area contributed by atoms with Gasteiger partial charge in [0.1, 0.15) is 11.6 Å². The number of imidazole rings is 1. The third kappa shape index (κ3) is 4.34. The number of nitrogens with zero attached hydrogens (tertiary/aromatic N) is 2. The minimum Gasteiger partial charge on any atom is -0.342 e. The maximum absolute atomic E-state index is 13.3. The number of aryl methyl sites for hydroxylation is 1. The van der Waals surface area contributed by atoms with E-state index in [0.29, 0.717) is 12.5 Å². The van der Waals surface area contributed by atoms with Crippen molar-refractivity contribution >= 4 is 11.0 Å². The Bertz CT molecular complexity index is 906. The Kier molecular flexibility index (Phi) is 5.45. The lowest BCUT2D eigenvalue weighted by Crippen LogP contribution is -2.29. The van der Waals surface area contributed by atoms with Crippen LogP contribution in [0.2, 0.25) is 0 Å². The lowest BCUT2D eigenvalue weighted by atomic mass is 9.92. The van der Waals surface area contributed by atoms with Crippen molar-refractivity contribution in [3.8, 4) is 0 Å². The Morgan fingerprint density at radius 1 is 1.33 bits per heavy atom. The third-order valence-electron chi connectivity index (χ3n) is 5.29. The summed E-state index contributed by atoms with van der Waals surface area (Å²) >= 11 is 0. The molecule has 3 aromatic rings. The van der Waals surface area contributed by atoms with Gasteiger partial charge in [0, 0.05) is 24.7 Å². The number of rotatable bonds is 7. The fraction of sp³-hybridized carbons (Fsp3) is 0.429. The minimum atomic E-state index is -0.258. The van der Waals surface area contributed by atoms with Gasteiger partial charge in [0.15, 0.2) is 0 Å². The summed E-state index contributed by atoms with van der Waals surface area (Å²) < 4.78 is 13.3. The zero-order chi connectivity index (χ0) is 18.6. The van der Waals surface area contributed by atoms with Crippen LogP contribution < -0.4 is 11.1 Å². The Balaban J connectivity index is 1.24. The Hall–Kier alpha value is -2.31. The first-order valence-corrected chi connectivity index (χ1v) is 9.76. The number of fused-ring (bicyclic) bond motifs is 2. The summed E-state index contributed by atoms with van der Waals surface area (Å²) in [4.78, 5) is 12.2. The van der Waals surface area contributed by atoms with E-state index in [1.807, 2.05) is 12.3 Å². The van der Waals surface area contributed by atoms with E-state index in [-0.39, 0.29) is 11.9 Å². The molecular formula is C21H26FN5. The summed E-state index contributed by atoms with van der Waals surface area (Å²) in [6.07, 6.45) is 7.97. The number of hydrogen-bond acceptors (Lipinski definition) is 4. The van der Waals surface area contributed by atoms with E-state index in [9.17, 15) is 4.39 Å². The molecule has 0 spiro atoms. The molecular weight excluding hydrogens is 341 g/mol. The molecule has 4 N–H and O–H groups in total. The van der Waals surface area contributed by atoms with Crippen LogP contribution in [0.3, 0.4) is 0 Å². The van der Waals surface area contributed by atoms with Crippen molar-refractivity contribution in [1.82, 2.24) is 20.3 Å². The van der Waals surface area contributed by atoms with E-state index in [4.69, 9.17) is 5.73 Å². The second kappa shape index (κ2) is 8.15. The topological polar surface area (TPSA) is 79.6 Å². The van der Waals surface area contributed by atoms with Gasteiger partial charge in [-0.1, -0.05) is 6.07 Å². The molecule has 0 saturated carbocycles. The standard InChI is InChI=1S/C21H26FN5/c22-15-8-9-17-19(12-15)27-20(26-17)13-16(23)6-3-10-24-18-7-1-4-14-5-2-11-25-21(14)18/h2,5,8-9,11-12,16,18,24H,1,3-4,6-7,10,13,23H2,(H,26,27). The SMILES string of the molecule is NC(CCCNC1CCCc2cccnc21)Cc1nc2ccc(F)cc2[nH]1. The summed E-state index contributed by atoms with van der Waals surface area (Å²) in [6.45, 7) is 0.930. The van der Waals surface area contributed by atoms with E-state index in [2.05, 4.69) is 26.3 Å². The van der Waals surface area contributed by atoms with Gasteiger partial charge in [-0.15, -0.1) is 0 Å². The highest BCUT2D eigenvalue weighted by Crippen LogP contribution is 2.27. The van der Waals surface area contributed by atoms with Gasteiger partial charge in [-0.2, -0.15) is 0 Å². The number of aromatic nitrogens is 3. The van der Waals surface area contributed by atoms with Crippen molar-refractivity contribution in [2.24, 2.45) is 5.73 Å². The molecule has 27 heavy (non-hydrogen) atoms. The summed E-state index contributed by atoms with van der Waals surface area (Å²) in [5.41, 5.74) is 10.4. The van der Waals surface area contributed by atoms with Gasteiger partial charge in [0.25, 0.3) is 0 Å². The van der Waals surface area contributed by atoms with Gasteiger partial charge in [-0.3, -0.25) is 4.98 Å². The fourth-order valence-corrected chi connectivity index (χ4v) is 3.93. The van der Waals surface area contributed by atoms with Crippen molar-refractivity contribution in [3.63, 3.8) is 0 Å². The molecule has 6 heteroatoms. The van der Waals surface area contributed by atoms with Crippen LogP contribution in [-0.2, 0) is 12.8 Å². The smallest absolute Gasteiger partial charge is 0.125 e. The Morgan fingerprint density at radius 3 is 3.19 bits per heavy atom. The second-order valence-electron chi connectivity index (χ2n) is 7.40. The molecule has 2 atom stereocenters. The zero-order valence-electron chi connectivity index (χ0n) is 15.4. The normalized spacial score (nSPS) is 17.8. The van der Waals surface area contributed by atoms with E-state index in [1.54, 1.807) is 6.07 Å². The molecule has 0 amide bonds. The summed E-state index contributed by atoms with van der Waals surface area (Å²) in [6, 6.07) is 9.19. The van der Waals surface area contributed by atoms with Gasteiger partial charge < -0.3 is 16.0 Å². The number of benzene rings is 1. The molecule has 142 valence electrons. The maximum atomic E-state index is 13.3. The molecule has 4 rings (SSSR count). The molecule has 0 aliphatic heterocycles. The van der Waals surface area contributed by atoms with Crippen LogP contribution in [0.1, 0.15) is 48.8 Å². The van der Waals surface area contributed by atoms with E-state index in [0.717, 1.165) is 49.1 Å². The molecule has 1 aliphatic rings. The van der Waals surface area contributed by atoms with Gasteiger partial charge in [-0.25, -0.2) is 9.37 Å². The lowest BCUT2D eigenvalue weighted by Gasteiger charge is -2.25. The fourth-order valence-electron chi connectivity index (χ4n) is 3.93. The van der Waals surface area contributed by atoms with Crippen LogP contribution in [0, 0.1) is 5.82 Å². The van der Waals surface area contributed by atoms with Crippen molar-refractivity contribution in [1.29, 1.82) is 0 Å². The van der Waals surface area contributed by atoms with E-state index < -0.39 is 0 Å². The highest BCUT2D eigenvalue weighted by atomic mass is 19.1. The highest BCUT2D eigenvalue weighted by molar-refractivity contribution is 5.74. The summed E-state index contributed by atoms with van der Waals surface area (Å²) in [5, 5.41) is 3.64. The molecule has 0 fully saturated rings. The number of halogens is 1. The lowest BCUT2D eigenvalue weighted by molar-refractivity contribution is 0.433. The van der Waals surface area contributed by atoms with Gasteiger partial charge in [-0.05, 0) is 68.5 Å². The summed E-state index contributed by atoms with van der Waals surface area (Å²) in [5.74, 6) is 0.563. The largest absolute Gasteiger partial charge is 0.342 e. The van der Waals surface area contributed by atoms with Crippen molar-refractivity contribution in [3.05, 3.63) is 59.4 Å². The zero-order valence-corrected chi connectivity index (χ0v) is 15.4. The third-order valence-corrected chi connectivity index (χ3v) is 5.29. The Labute approximate surface area is 158 Å². The molecule has 1 aliphatic carbocycles. The molecule has 0 bridgehead atoms. The molecule has 5 nitrogen and oxygen atoms in total. The molecule has 0 saturated heterocycles. The first-order valence-electron chi connectivity index (χ1n) is 9.76. The van der Waals surface area contributed by atoms with Gasteiger partial charge >= 0.3 is 0 Å². The van der Waals surface area contributed by atoms with Gasteiger partial charge in [0.05, 0.1) is 16.7 Å². The maximum Gasteiger partial charge on any atom is 0.125 e. The molecule has 2 aromatic heterocycles. The summed E-state index contributed by atoms with van der Waals surface area (Å²) in [7, 11) is 0. The molecule has 2 unspecified atom stereocenters. The minimum absolute atomic E-state index is 0.0361. The van der Waals surface area contributed by atoms with E-state index >= 15 is 0 Å². The monoisotopic (exact) mass is 367 g/mol. The molecule has 2 heterocycles. The number of hydrogen-bond donors (Lipinski definition) is 3. The van der Waals surface area contributed by atoms with Crippen molar-refractivity contribution < 1.29 is 4.39 Å². The quantitative estimate of drug-likeness (QED) is 0.559. The number of aromatic amines is 1. The average molecular weight is 367 g/mol. The van der Waals surface area contributed by atoms with Crippen LogP contribution >= 0.6 is 0 Å². The first kappa shape index (κ1) is 18.1. The predicted octanol–water partition coefficient (Wildman–Crippen LogP) is 3.41. The molecule has 0 radical (unpaired) electrons. The first-order chi connectivity index (χ1) is 13.2. The van der Waals surface area contributed by atoms with Crippen LogP contribution in [-0.4, -0.2) is 27.5 Å². The Morgan fingerprint density at radius 2 is 2.26 bits per heavy atom. The molecule has 1 aromatic carbocycles. The van der Waals surface area contributed by atoms with Crippen LogP contribution in [0.5, 0.6) is 0 Å². The van der Waals surface area contributed by atoms with Crippen molar-refractivity contribution in [2.45, 2.75) is 50.6 Å². The van der Waals surface area contributed by atoms with Crippen LogP contribution in [0.4, 0.5) is 4.39 Å². The predicted molar refractivity (Wildman–Crippen MR) is 105 cm³/mol. The number of nitrogens with two attached hydrogens (primary N) is 1. The van der Waals surface area contributed by atoms with E-state index in [1.165, 1.54) is 29.8 Å².